The van der Waals surface area contributed by atoms with Crippen molar-refractivity contribution < 1.29 is 47.3 Å². The number of rotatable bonds is 26. The molecule has 3 N–H and O–H groups in total. The number of benzene rings is 4. The van der Waals surface area contributed by atoms with Gasteiger partial charge in [-0.1, -0.05) is 61.7 Å². The molecular weight excluding hydrogens is 941 g/mol. The van der Waals surface area contributed by atoms with Crippen molar-refractivity contribution in [2.75, 3.05) is 102 Å². The average molecular weight is 1010 g/mol. The molecule has 4 amide bonds. The van der Waals surface area contributed by atoms with Gasteiger partial charge < -0.3 is 49.4 Å². The summed E-state index contributed by atoms with van der Waals surface area (Å²) < 4.78 is 41.3. The highest BCUT2D eigenvalue weighted by atomic mass is 35.5. The van der Waals surface area contributed by atoms with Crippen LogP contribution in [-0.2, 0) is 38.1 Å². The Hall–Kier alpha value is -6.12. The van der Waals surface area contributed by atoms with Gasteiger partial charge in [-0.3, -0.25) is 19.2 Å². The Morgan fingerprint density at radius 1 is 0.764 bits per heavy atom. The van der Waals surface area contributed by atoms with E-state index in [-0.39, 0.29) is 71.4 Å². The van der Waals surface area contributed by atoms with Crippen LogP contribution in [0.5, 0.6) is 0 Å². The quantitative estimate of drug-likeness (QED) is 0.0322. The second kappa shape index (κ2) is 28.2. The van der Waals surface area contributed by atoms with Crippen molar-refractivity contribution in [1.82, 2.24) is 15.5 Å². The molecule has 0 bridgehead atoms. The zero-order chi connectivity index (χ0) is 51.4. The van der Waals surface area contributed by atoms with Crippen LogP contribution in [0, 0.1) is 35.9 Å². The van der Waals surface area contributed by atoms with E-state index in [1.54, 1.807) is 42.2 Å². The van der Waals surface area contributed by atoms with Gasteiger partial charge in [0.15, 0.2) is 0 Å². The topological polar surface area (TPSA) is 157 Å². The monoisotopic (exact) mass is 1010 g/mol. The predicted molar refractivity (Wildman–Crippen MR) is 278 cm³/mol. The van der Waals surface area contributed by atoms with Gasteiger partial charge in [0.05, 0.1) is 83.6 Å². The summed E-state index contributed by atoms with van der Waals surface area (Å²) in [5, 5.41) is 10.1. The van der Waals surface area contributed by atoms with E-state index in [0.717, 1.165) is 34.5 Å². The Kier molecular flexibility index (Phi) is 21.6. The van der Waals surface area contributed by atoms with Crippen LogP contribution < -0.4 is 20.9 Å². The van der Waals surface area contributed by atoms with Crippen molar-refractivity contribution in [3.63, 3.8) is 0 Å². The number of ether oxygens (including phenoxy) is 5. The van der Waals surface area contributed by atoms with Crippen LogP contribution in [0.4, 0.5) is 15.8 Å². The first-order valence-electron chi connectivity index (χ1n) is 24.6. The van der Waals surface area contributed by atoms with Crippen molar-refractivity contribution >= 4 is 52.7 Å². The Morgan fingerprint density at radius 2 is 1.33 bits per heavy atom. The lowest BCUT2D eigenvalue weighted by atomic mass is 9.85. The molecule has 0 unspecified atom stereocenters. The van der Waals surface area contributed by atoms with E-state index in [9.17, 15) is 23.6 Å². The first-order chi connectivity index (χ1) is 34.8. The van der Waals surface area contributed by atoms with E-state index in [4.69, 9.17) is 41.7 Å². The summed E-state index contributed by atoms with van der Waals surface area (Å²) in [4.78, 5) is 55.5. The van der Waals surface area contributed by atoms with Crippen LogP contribution >= 0.6 is 11.6 Å². The average Bonchev–Trinajstić information content (AvgIpc) is 3.84. The van der Waals surface area contributed by atoms with Gasteiger partial charge >= 0.3 is 0 Å². The third-order valence-corrected chi connectivity index (χ3v) is 12.9. The van der Waals surface area contributed by atoms with Gasteiger partial charge in [-0.25, -0.2) is 4.39 Å². The van der Waals surface area contributed by atoms with E-state index >= 15 is 0 Å². The fourth-order valence-corrected chi connectivity index (χ4v) is 9.05. The number of hydrogen-bond donors (Lipinski definition) is 3. The number of halogens is 2. The van der Waals surface area contributed by atoms with E-state index in [1.807, 2.05) is 67.3 Å². The van der Waals surface area contributed by atoms with Gasteiger partial charge in [-0.05, 0) is 114 Å². The highest BCUT2D eigenvalue weighted by Gasteiger charge is 2.41. The maximum Gasteiger partial charge on any atom is 0.262 e. The molecule has 0 aliphatic carbocycles. The lowest BCUT2D eigenvalue weighted by Gasteiger charge is -2.39. The summed E-state index contributed by atoms with van der Waals surface area (Å²) in [5.41, 5.74) is 6.11. The number of hydrogen-bond acceptors (Lipinski definition) is 10. The lowest BCUT2D eigenvalue weighted by molar-refractivity contribution is -0.127. The van der Waals surface area contributed by atoms with Gasteiger partial charge in [0.25, 0.3) is 11.8 Å². The van der Waals surface area contributed by atoms with E-state index in [0.29, 0.717) is 102 Å². The fraction of sp³-hybridized carbons (Fsp3) is 0.429. The maximum absolute atomic E-state index is 13.3. The van der Waals surface area contributed by atoms with Crippen LogP contribution in [0.1, 0.15) is 61.6 Å². The number of nitrogens with one attached hydrogen (secondary N) is 3. The molecule has 2 aliphatic heterocycles. The maximum atomic E-state index is 13.3. The van der Waals surface area contributed by atoms with E-state index in [1.165, 1.54) is 12.1 Å². The molecule has 14 nitrogen and oxygen atoms in total. The van der Waals surface area contributed by atoms with Crippen molar-refractivity contribution in [3.8, 4) is 23.5 Å². The minimum absolute atomic E-state index is 0.000738. The van der Waals surface area contributed by atoms with Gasteiger partial charge in [-0.2, -0.15) is 0 Å². The zero-order valence-corrected chi connectivity index (χ0v) is 42.4. The SMILES string of the molecule is C#C/C(=C\c1ccc(F)cc1)C(=O)N1C[C@@H](C(=O)NCCOCCOCCOCCOCCOCCNC(=O)c2ccc(-c3ccc4c(c3)[C@H](Nc3ccc(Cl)cc3)C[C@H](C)N4C(C)=O)cc2)[C@H](C(C)C)C1. The highest BCUT2D eigenvalue weighted by Crippen LogP contribution is 2.41. The van der Waals surface area contributed by atoms with Crippen molar-refractivity contribution in [3.05, 3.63) is 124 Å². The normalized spacial score (nSPS) is 17.6. The Morgan fingerprint density at radius 3 is 1.90 bits per heavy atom. The van der Waals surface area contributed by atoms with Crippen molar-refractivity contribution in [2.24, 2.45) is 17.8 Å². The standard InChI is InChI=1S/C56H67ClFN5O9/c1-6-42(34-41-7-16-47(58)17-8-41)56(67)62-36-50(38(2)3)51(37-62)55(66)60-22-24-69-26-28-71-30-32-72-31-29-70-27-25-68-23-21-59-54(65)44-11-9-43(10-12-44)45-13-20-53-49(35-45)52(33-39(4)63(53)40(5)64)61-48-18-14-46(57)15-19-48/h1,7-20,34-35,38-39,50-52,61H,21-33,36-37H2,2-5H3,(H,59,65)(H,60,66)/b42-34+/t39-,50-,51+,52+/m0/s1. The van der Waals surface area contributed by atoms with E-state index < -0.39 is 0 Å². The Labute approximate surface area is 427 Å². The largest absolute Gasteiger partial charge is 0.378 e. The summed E-state index contributed by atoms with van der Waals surface area (Å²) >= 11 is 6.12. The number of amides is 4. The smallest absolute Gasteiger partial charge is 0.262 e. The van der Waals surface area contributed by atoms with Crippen LogP contribution in [0.2, 0.25) is 5.02 Å². The van der Waals surface area contributed by atoms with Crippen LogP contribution in [0.25, 0.3) is 17.2 Å². The van der Waals surface area contributed by atoms with Gasteiger partial charge in [0, 0.05) is 61.1 Å². The van der Waals surface area contributed by atoms with Crippen LogP contribution in [-0.4, -0.2) is 127 Å². The van der Waals surface area contributed by atoms with Gasteiger partial charge in [0.2, 0.25) is 11.8 Å². The molecule has 1 saturated heterocycles. The number of terminal acetylenes is 1. The van der Waals surface area contributed by atoms with Gasteiger partial charge in [-0.15, -0.1) is 6.42 Å². The molecule has 0 spiro atoms. The number of anilines is 2. The molecule has 1 fully saturated rings. The lowest BCUT2D eigenvalue weighted by Crippen LogP contribution is -2.43. The summed E-state index contributed by atoms with van der Waals surface area (Å²) in [6.07, 6.45) is 7.97. The molecule has 2 aliphatic rings. The summed E-state index contributed by atoms with van der Waals surface area (Å²) in [6.45, 7) is 12.8. The molecule has 72 heavy (non-hydrogen) atoms. The minimum Gasteiger partial charge on any atom is -0.378 e. The summed E-state index contributed by atoms with van der Waals surface area (Å²) in [5.74, 6) is 1.18. The molecule has 0 aromatic heterocycles. The number of carbonyl (C=O) groups is 4. The molecular formula is C56H67ClFN5O9. The Bertz CT molecular complexity index is 2480. The molecule has 384 valence electrons. The molecule has 2 heterocycles. The molecule has 4 atom stereocenters. The zero-order valence-electron chi connectivity index (χ0n) is 41.6. The molecule has 16 heteroatoms. The summed E-state index contributed by atoms with van der Waals surface area (Å²) in [6, 6.07) is 26.9. The minimum atomic E-state index is -0.381. The Balaban J connectivity index is 0.765. The molecule has 4 aromatic carbocycles. The first-order valence-corrected chi connectivity index (χ1v) is 24.9. The predicted octanol–water partition coefficient (Wildman–Crippen LogP) is 7.82. The second-order valence-electron chi connectivity index (χ2n) is 18.1. The fourth-order valence-electron chi connectivity index (χ4n) is 8.93. The van der Waals surface area contributed by atoms with Crippen LogP contribution in [0.3, 0.4) is 0 Å². The molecule has 0 saturated carbocycles. The molecule has 4 aromatic rings. The highest BCUT2D eigenvalue weighted by molar-refractivity contribution is 6.30. The third-order valence-electron chi connectivity index (χ3n) is 12.7. The number of fused-ring (bicyclic) bond motifs is 1. The number of carbonyl (C=O) groups excluding carboxylic acids is 4. The van der Waals surface area contributed by atoms with Crippen molar-refractivity contribution in [2.45, 2.75) is 46.2 Å². The van der Waals surface area contributed by atoms with E-state index in [2.05, 4.69) is 34.9 Å². The second-order valence-corrected chi connectivity index (χ2v) is 18.6. The van der Waals surface area contributed by atoms with Crippen molar-refractivity contribution in [1.29, 1.82) is 0 Å². The number of likely N-dealkylation sites (tertiary alicyclic amines) is 1. The molecule has 6 rings (SSSR count). The van der Waals surface area contributed by atoms with Gasteiger partial charge in [0.1, 0.15) is 5.82 Å². The molecule has 0 radical (unpaired) electrons. The summed E-state index contributed by atoms with van der Waals surface area (Å²) in [7, 11) is 0. The first kappa shape index (κ1) is 55.2. The number of nitrogens with zero attached hydrogens (tertiary/aromatic N) is 2. The van der Waals surface area contributed by atoms with Crippen LogP contribution in [0.15, 0.2) is 96.6 Å². The third kappa shape index (κ3) is 16.2.